The summed E-state index contributed by atoms with van der Waals surface area (Å²) in [6.45, 7) is 7.73. The van der Waals surface area contributed by atoms with Crippen LogP contribution in [-0.4, -0.2) is 74.3 Å². The first-order valence-electron chi connectivity index (χ1n) is 12.0. The highest BCUT2D eigenvalue weighted by molar-refractivity contribution is 14.0. The van der Waals surface area contributed by atoms with Gasteiger partial charge in [-0.3, -0.25) is 9.89 Å². The Kier molecular flexibility index (Phi) is 8.93. The molecule has 0 atom stereocenters. The van der Waals surface area contributed by atoms with E-state index >= 15 is 0 Å². The minimum atomic E-state index is 0. The summed E-state index contributed by atoms with van der Waals surface area (Å²) in [6, 6.07) is 0. The van der Waals surface area contributed by atoms with Gasteiger partial charge in [-0.05, 0) is 69.9 Å². The van der Waals surface area contributed by atoms with E-state index in [0.29, 0.717) is 5.41 Å². The third kappa shape index (κ3) is 5.59. The minimum absolute atomic E-state index is 0. The van der Waals surface area contributed by atoms with Gasteiger partial charge in [0.1, 0.15) is 0 Å². The Morgan fingerprint density at radius 2 is 1.52 bits per heavy atom. The summed E-state index contributed by atoms with van der Waals surface area (Å²) < 4.78 is 5.73. The zero-order valence-electron chi connectivity index (χ0n) is 18.6. The predicted octanol–water partition coefficient (Wildman–Crippen LogP) is 4.26. The van der Waals surface area contributed by atoms with Crippen LogP contribution in [0.5, 0.6) is 0 Å². The molecule has 5 nitrogen and oxygen atoms in total. The Morgan fingerprint density at radius 3 is 2.17 bits per heavy atom. The van der Waals surface area contributed by atoms with Gasteiger partial charge in [0.2, 0.25) is 0 Å². The fraction of sp³-hybridized carbons (Fsp3) is 0.957. The largest absolute Gasteiger partial charge is 0.381 e. The second-order valence-corrected chi connectivity index (χ2v) is 9.87. The molecule has 6 heteroatoms. The lowest BCUT2D eigenvalue weighted by molar-refractivity contribution is -0.0168. The summed E-state index contributed by atoms with van der Waals surface area (Å²) in [6.07, 6.45) is 16.4. The van der Waals surface area contributed by atoms with E-state index in [1.807, 2.05) is 7.05 Å². The van der Waals surface area contributed by atoms with Crippen LogP contribution in [0.4, 0.5) is 0 Å². The van der Waals surface area contributed by atoms with Crippen LogP contribution >= 0.6 is 24.0 Å². The molecule has 0 bridgehead atoms. The maximum atomic E-state index is 5.73. The minimum Gasteiger partial charge on any atom is -0.381 e. The van der Waals surface area contributed by atoms with Crippen LogP contribution in [0.25, 0.3) is 0 Å². The zero-order valence-corrected chi connectivity index (χ0v) is 20.9. The molecule has 0 aromatic rings. The molecule has 1 spiro atoms. The van der Waals surface area contributed by atoms with E-state index in [-0.39, 0.29) is 29.5 Å². The average molecular weight is 519 g/mol. The maximum absolute atomic E-state index is 5.73. The average Bonchev–Trinajstić information content (AvgIpc) is 3.19. The third-order valence-corrected chi connectivity index (χ3v) is 8.11. The Morgan fingerprint density at radius 1 is 0.862 bits per heavy atom. The molecule has 0 aromatic carbocycles. The van der Waals surface area contributed by atoms with Crippen LogP contribution in [0, 0.1) is 5.41 Å². The molecule has 0 radical (unpaired) electrons. The highest BCUT2D eigenvalue weighted by Crippen LogP contribution is 2.42. The Balaban J connectivity index is 0.00000240. The summed E-state index contributed by atoms with van der Waals surface area (Å²) in [5.74, 6) is 1.15. The molecule has 0 aromatic heterocycles. The number of nitrogens with zero attached hydrogens (tertiary/aromatic N) is 3. The van der Waals surface area contributed by atoms with Gasteiger partial charge in [0, 0.05) is 45.4 Å². The fourth-order valence-electron chi connectivity index (χ4n) is 6.40. The molecule has 29 heavy (non-hydrogen) atoms. The molecule has 4 fully saturated rings. The first-order chi connectivity index (χ1) is 13.8. The van der Waals surface area contributed by atoms with Crippen LogP contribution in [-0.2, 0) is 4.74 Å². The van der Waals surface area contributed by atoms with Gasteiger partial charge in [0.15, 0.2) is 5.96 Å². The van der Waals surface area contributed by atoms with E-state index in [1.54, 1.807) is 0 Å². The van der Waals surface area contributed by atoms with Crippen molar-refractivity contribution in [2.45, 2.75) is 82.6 Å². The molecular weight excluding hydrogens is 475 g/mol. The van der Waals surface area contributed by atoms with Crippen molar-refractivity contribution in [2.75, 3.05) is 53.0 Å². The fourth-order valence-corrected chi connectivity index (χ4v) is 6.40. The van der Waals surface area contributed by atoms with Crippen molar-refractivity contribution < 1.29 is 4.74 Å². The first-order valence-corrected chi connectivity index (χ1v) is 12.0. The number of halogens is 1. The number of nitrogens with one attached hydrogen (secondary N) is 1. The zero-order chi connectivity index (χ0) is 19.3. The molecule has 3 aliphatic heterocycles. The van der Waals surface area contributed by atoms with Crippen molar-refractivity contribution in [3.05, 3.63) is 0 Å². The molecule has 3 saturated heterocycles. The summed E-state index contributed by atoms with van der Waals surface area (Å²) in [5, 5.41) is 3.84. The van der Waals surface area contributed by atoms with Crippen molar-refractivity contribution >= 4 is 29.9 Å². The SMILES string of the molecule is CN=C(NCC1(N2CCCC2)CCOCC1)N1CCCC2(CCCCCC2)C1.I. The quantitative estimate of drug-likeness (QED) is 0.345. The smallest absolute Gasteiger partial charge is 0.193 e. The van der Waals surface area contributed by atoms with Crippen molar-refractivity contribution in [3.63, 3.8) is 0 Å². The Hall–Kier alpha value is -0.0800. The predicted molar refractivity (Wildman–Crippen MR) is 131 cm³/mol. The number of likely N-dealkylation sites (tertiary alicyclic amines) is 2. The summed E-state index contributed by atoms with van der Waals surface area (Å²) in [5.41, 5.74) is 0.818. The number of rotatable bonds is 3. The molecule has 1 aliphatic carbocycles. The molecule has 0 unspecified atom stereocenters. The van der Waals surface area contributed by atoms with Gasteiger partial charge >= 0.3 is 0 Å². The number of ether oxygens (including phenoxy) is 1. The highest BCUT2D eigenvalue weighted by atomic mass is 127. The van der Waals surface area contributed by atoms with E-state index < -0.39 is 0 Å². The monoisotopic (exact) mass is 518 g/mol. The Labute approximate surface area is 195 Å². The molecule has 3 heterocycles. The van der Waals surface area contributed by atoms with Crippen molar-refractivity contribution in [1.29, 1.82) is 0 Å². The van der Waals surface area contributed by atoms with E-state index in [0.717, 1.165) is 38.6 Å². The van der Waals surface area contributed by atoms with Crippen LogP contribution in [0.15, 0.2) is 4.99 Å². The number of hydrogen-bond acceptors (Lipinski definition) is 3. The summed E-state index contributed by atoms with van der Waals surface area (Å²) in [4.78, 5) is 10.1. The normalized spacial score (nSPS) is 28.0. The molecule has 1 saturated carbocycles. The van der Waals surface area contributed by atoms with Gasteiger partial charge in [-0.1, -0.05) is 25.7 Å². The standard InChI is InChI=1S/C23H42N4O.HI/c1-24-21(26-14-8-11-22(20-26)9-4-2-3-5-10-22)25-19-23(12-17-28-18-13-23)27-15-6-7-16-27;/h2-20H2,1H3,(H,24,25);1H. The third-order valence-electron chi connectivity index (χ3n) is 8.11. The first kappa shape index (κ1) is 23.6. The molecule has 4 aliphatic rings. The molecule has 4 rings (SSSR count). The molecule has 0 amide bonds. The second kappa shape index (κ2) is 11.0. The summed E-state index contributed by atoms with van der Waals surface area (Å²) in [7, 11) is 1.98. The lowest BCUT2D eigenvalue weighted by Crippen LogP contribution is -2.60. The number of piperidine rings is 1. The van der Waals surface area contributed by atoms with E-state index in [2.05, 4.69) is 15.1 Å². The lowest BCUT2D eigenvalue weighted by atomic mass is 9.74. The van der Waals surface area contributed by atoms with Gasteiger partial charge in [-0.2, -0.15) is 0 Å². The molecule has 1 N–H and O–H groups in total. The second-order valence-electron chi connectivity index (χ2n) is 9.87. The van der Waals surface area contributed by atoms with E-state index in [1.165, 1.54) is 90.4 Å². The maximum Gasteiger partial charge on any atom is 0.193 e. The van der Waals surface area contributed by atoms with Crippen LogP contribution < -0.4 is 5.32 Å². The number of guanidine groups is 1. The van der Waals surface area contributed by atoms with Gasteiger partial charge in [0.05, 0.1) is 0 Å². The van der Waals surface area contributed by atoms with Gasteiger partial charge in [-0.25, -0.2) is 0 Å². The van der Waals surface area contributed by atoms with Crippen LogP contribution in [0.3, 0.4) is 0 Å². The number of hydrogen-bond donors (Lipinski definition) is 1. The topological polar surface area (TPSA) is 40.1 Å². The van der Waals surface area contributed by atoms with Crippen LogP contribution in [0.1, 0.15) is 77.0 Å². The van der Waals surface area contributed by atoms with E-state index in [4.69, 9.17) is 9.73 Å². The highest BCUT2D eigenvalue weighted by Gasteiger charge is 2.41. The van der Waals surface area contributed by atoms with E-state index in [9.17, 15) is 0 Å². The van der Waals surface area contributed by atoms with Crippen molar-refractivity contribution in [2.24, 2.45) is 10.4 Å². The van der Waals surface area contributed by atoms with Crippen molar-refractivity contribution in [3.8, 4) is 0 Å². The lowest BCUT2D eigenvalue weighted by Gasteiger charge is -2.47. The van der Waals surface area contributed by atoms with Gasteiger partial charge in [-0.15, -0.1) is 24.0 Å². The van der Waals surface area contributed by atoms with Crippen molar-refractivity contribution in [1.82, 2.24) is 15.1 Å². The van der Waals surface area contributed by atoms with Crippen LogP contribution in [0.2, 0.25) is 0 Å². The summed E-state index contributed by atoms with van der Waals surface area (Å²) >= 11 is 0. The molecule has 168 valence electrons. The van der Waals surface area contributed by atoms with Gasteiger partial charge in [0.25, 0.3) is 0 Å². The van der Waals surface area contributed by atoms with Gasteiger partial charge < -0.3 is 15.0 Å². The Bertz CT molecular complexity index is 521. The number of aliphatic imine (C=N–C) groups is 1. The molecular formula is C23H43IN4O.